The first-order valence-electron chi connectivity index (χ1n) is 11.7. The van der Waals surface area contributed by atoms with Gasteiger partial charge in [-0.1, -0.05) is 56.3 Å². The van der Waals surface area contributed by atoms with Crippen LogP contribution in [0.3, 0.4) is 0 Å². The quantitative estimate of drug-likeness (QED) is 0.289. The van der Waals surface area contributed by atoms with Gasteiger partial charge < -0.3 is 9.30 Å². The Labute approximate surface area is 192 Å². The first kappa shape index (κ1) is 21.2. The lowest BCUT2D eigenvalue weighted by molar-refractivity contribution is -0.134. The molecule has 0 aliphatic carbocycles. The van der Waals surface area contributed by atoms with Crippen LogP contribution in [0.15, 0.2) is 60.8 Å². The van der Waals surface area contributed by atoms with Crippen LogP contribution in [-0.2, 0) is 24.2 Å². The first-order valence-corrected chi connectivity index (χ1v) is 11.7. The Morgan fingerprint density at radius 2 is 1.70 bits per heavy atom. The molecule has 33 heavy (non-hydrogen) atoms. The van der Waals surface area contributed by atoms with Gasteiger partial charge in [0.1, 0.15) is 16.9 Å². The van der Waals surface area contributed by atoms with E-state index >= 15 is 0 Å². The van der Waals surface area contributed by atoms with E-state index in [4.69, 9.17) is 14.7 Å². The van der Waals surface area contributed by atoms with Crippen LogP contribution in [0.2, 0.25) is 0 Å². The summed E-state index contributed by atoms with van der Waals surface area (Å²) in [5.74, 6) is 1.28. The molecular formula is C27H28N4O2. The number of rotatable bonds is 8. The number of aryl methyl sites for hydroxylation is 3. The lowest BCUT2D eigenvalue weighted by atomic mass is 10.1. The normalized spacial score (nSPS) is 11.6. The van der Waals surface area contributed by atoms with Gasteiger partial charge in [0.15, 0.2) is 11.4 Å². The van der Waals surface area contributed by atoms with Crippen LogP contribution in [-0.4, -0.2) is 24.9 Å². The molecule has 0 unspecified atom stereocenters. The van der Waals surface area contributed by atoms with Gasteiger partial charge in [0.05, 0.1) is 11.0 Å². The molecule has 0 N–H and O–H groups in total. The van der Waals surface area contributed by atoms with Crippen LogP contribution in [0.25, 0.3) is 27.7 Å². The van der Waals surface area contributed by atoms with Crippen molar-refractivity contribution in [1.82, 2.24) is 18.9 Å². The summed E-state index contributed by atoms with van der Waals surface area (Å²) in [5, 5.41) is 0.795. The second-order valence-corrected chi connectivity index (χ2v) is 8.38. The third kappa shape index (κ3) is 3.97. The van der Waals surface area contributed by atoms with Crippen molar-refractivity contribution < 1.29 is 9.53 Å². The maximum Gasteiger partial charge on any atom is 0.311 e. The number of imidazole rings is 1. The summed E-state index contributed by atoms with van der Waals surface area (Å²) < 4.78 is 10.1. The van der Waals surface area contributed by atoms with Crippen molar-refractivity contribution in [2.45, 2.75) is 52.5 Å². The SMILES string of the molecule is CCCC(=O)Oc1cn(CCc2ccccc2)c2nc(CCC)n3c4ccccc4nc3c12. The molecule has 0 spiro atoms. The average molecular weight is 441 g/mol. The van der Waals surface area contributed by atoms with E-state index in [1.54, 1.807) is 0 Å². The molecule has 0 fully saturated rings. The molecule has 0 radical (unpaired) electrons. The lowest BCUT2D eigenvalue weighted by Gasteiger charge is -2.09. The molecule has 168 valence electrons. The van der Waals surface area contributed by atoms with E-state index in [2.05, 4.69) is 46.2 Å². The van der Waals surface area contributed by atoms with Gasteiger partial charge in [-0.25, -0.2) is 9.97 Å². The Morgan fingerprint density at radius 3 is 2.48 bits per heavy atom. The number of carbonyl (C=O) groups excluding carboxylic acids is 1. The first-order chi connectivity index (χ1) is 16.2. The summed E-state index contributed by atoms with van der Waals surface area (Å²) in [6.45, 7) is 4.87. The molecule has 0 saturated heterocycles. The monoisotopic (exact) mass is 440 g/mol. The molecule has 6 heteroatoms. The number of benzene rings is 2. The molecule has 0 aliphatic rings. The van der Waals surface area contributed by atoms with E-state index in [1.165, 1.54) is 5.56 Å². The minimum absolute atomic E-state index is 0.230. The fourth-order valence-electron chi connectivity index (χ4n) is 4.39. The van der Waals surface area contributed by atoms with Gasteiger partial charge in [0.2, 0.25) is 0 Å². The van der Waals surface area contributed by atoms with Crippen molar-refractivity contribution in [1.29, 1.82) is 0 Å². The van der Waals surface area contributed by atoms with E-state index in [0.717, 1.165) is 65.8 Å². The maximum absolute atomic E-state index is 12.4. The number of ether oxygens (including phenoxy) is 1. The molecule has 0 atom stereocenters. The van der Waals surface area contributed by atoms with E-state index in [9.17, 15) is 4.79 Å². The molecule has 0 aliphatic heterocycles. The second-order valence-electron chi connectivity index (χ2n) is 8.38. The standard InChI is InChI=1S/C27H28N4O2/c1-3-10-23-29-26-25(27-28-20-14-8-9-15-21(20)31(23)27)22(33-24(32)11-4-2)18-30(26)17-16-19-12-6-5-7-13-19/h5-9,12-15,18H,3-4,10-11,16-17H2,1-2H3. The summed E-state index contributed by atoms with van der Waals surface area (Å²) in [4.78, 5) is 22.5. The number of esters is 1. The smallest absolute Gasteiger partial charge is 0.311 e. The van der Waals surface area contributed by atoms with Crippen LogP contribution in [0.1, 0.15) is 44.5 Å². The number of fused-ring (bicyclic) bond motifs is 5. The fourth-order valence-corrected chi connectivity index (χ4v) is 4.39. The van der Waals surface area contributed by atoms with Gasteiger partial charge in [-0.05, 0) is 37.0 Å². The van der Waals surface area contributed by atoms with Crippen molar-refractivity contribution >= 4 is 33.7 Å². The lowest BCUT2D eigenvalue weighted by Crippen LogP contribution is -2.07. The van der Waals surface area contributed by atoms with Gasteiger partial charge in [-0.3, -0.25) is 9.20 Å². The number of hydrogen-bond acceptors (Lipinski definition) is 4. The van der Waals surface area contributed by atoms with E-state index < -0.39 is 0 Å². The van der Waals surface area contributed by atoms with Crippen molar-refractivity contribution in [3.63, 3.8) is 0 Å². The summed E-state index contributed by atoms with van der Waals surface area (Å²) in [6.07, 6.45) is 5.71. The summed E-state index contributed by atoms with van der Waals surface area (Å²) in [5.41, 5.74) is 4.80. The second kappa shape index (κ2) is 9.06. The third-order valence-electron chi connectivity index (χ3n) is 5.93. The molecule has 0 saturated carbocycles. The summed E-state index contributed by atoms with van der Waals surface area (Å²) >= 11 is 0. The highest BCUT2D eigenvalue weighted by Gasteiger charge is 2.22. The Bertz CT molecular complexity index is 1430. The van der Waals surface area contributed by atoms with Crippen LogP contribution in [0, 0.1) is 0 Å². The summed E-state index contributed by atoms with van der Waals surface area (Å²) in [6, 6.07) is 18.5. The molecule has 0 amide bonds. The zero-order chi connectivity index (χ0) is 22.8. The van der Waals surface area contributed by atoms with Gasteiger partial charge in [0.25, 0.3) is 0 Å². The zero-order valence-corrected chi connectivity index (χ0v) is 19.1. The van der Waals surface area contributed by atoms with Crippen molar-refractivity contribution in [2.24, 2.45) is 0 Å². The van der Waals surface area contributed by atoms with Gasteiger partial charge >= 0.3 is 5.97 Å². The highest BCUT2D eigenvalue weighted by atomic mass is 16.5. The summed E-state index contributed by atoms with van der Waals surface area (Å²) in [7, 11) is 0. The molecule has 3 heterocycles. The Kier molecular flexibility index (Phi) is 5.82. The molecular weight excluding hydrogens is 412 g/mol. The number of nitrogens with zero attached hydrogens (tertiary/aromatic N) is 4. The predicted molar refractivity (Wildman–Crippen MR) is 131 cm³/mol. The van der Waals surface area contributed by atoms with Crippen molar-refractivity contribution in [2.75, 3.05) is 0 Å². The molecule has 2 aromatic carbocycles. The number of carbonyl (C=O) groups is 1. The molecule has 0 bridgehead atoms. The van der Waals surface area contributed by atoms with E-state index in [0.29, 0.717) is 12.2 Å². The highest BCUT2D eigenvalue weighted by molar-refractivity contribution is 6.00. The Balaban J connectivity index is 1.72. The largest absolute Gasteiger partial charge is 0.424 e. The number of hydrogen-bond donors (Lipinski definition) is 0. The highest BCUT2D eigenvalue weighted by Crippen LogP contribution is 2.34. The molecule has 3 aromatic heterocycles. The fraction of sp³-hybridized carbons (Fsp3) is 0.296. The Hall–Kier alpha value is -3.67. The average Bonchev–Trinajstić information content (AvgIpc) is 3.37. The van der Waals surface area contributed by atoms with E-state index in [1.807, 2.05) is 37.4 Å². The minimum Gasteiger partial charge on any atom is -0.424 e. The van der Waals surface area contributed by atoms with Crippen molar-refractivity contribution in [3.8, 4) is 5.75 Å². The molecule has 5 aromatic rings. The minimum atomic E-state index is -0.230. The number of para-hydroxylation sites is 2. The molecule has 5 rings (SSSR count). The zero-order valence-electron chi connectivity index (χ0n) is 19.1. The van der Waals surface area contributed by atoms with Gasteiger partial charge in [-0.2, -0.15) is 0 Å². The molecule has 6 nitrogen and oxygen atoms in total. The third-order valence-corrected chi connectivity index (χ3v) is 5.93. The van der Waals surface area contributed by atoms with E-state index in [-0.39, 0.29) is 5.97 Å². The topological polar surface area (TPSA) is 61.4 Å². The predicted octanol–water partition coefficient (Wildman–Crippen LogP) is 5.74. The van der Waals surface area contributed by atoms with Crippen molar-refractivity contribution in [3.05, 3.63) is 72.2 Å². The number of aromatic nitrogens is 4. The van der Waals surface area contributed by atoms with Crippen LogP contribution < -0.4 is 4.74 Å². The van der Waals surface area contributed by atoms with Crippen LogP contribution in [0.4, 0.5) is 0 Å². The Morgan fingerprint density at radius 1 is 0.909 bits per heavy atom. The van der Waals surface area contributed by atoms with Crippen LogP contribution in [0.5, 0.6) is 5.75 Å². The maximum atomic E-state index is 12.4. The van der Waals surface area contributed by atoms with Gasteiger partial charge in [0, 0.05) is 25.6 Å². The van der Waals surface area contributed by atoms with Crippen LogP contribution >= 0.6 is 0 Å². The van der Waals surface area contributed by atoms with Gasteiger partial charge in [-0.15, -0.1) is 0 Å².